The van der Waals surface area contributed by atoms with Gasteiger partial charge in [-0.3, -0.25) is 4.79 Å². The molecule has 0 N–H and O–H groups in total. The van der Waals surface area contributed by atoms with E-state index in [4.69, 9.17) is 21.1 Å². The molecular weight excluding hydrogens is 346 g/mol. The van der Waals surface area contributed by atoms with Crippen LogP contribution >= 0.6 is 11.6 Å². The number of hydrogen-bond donors (Lipinski definition) is 0. The Labute approximate surface area is 139 Å². The second-order valence-electron chi connectivity index (χ2n) is 4.94. The van der Waals surface area contributed by atoms with Crippen molar-refractivity contribution in [3.8, 4) is 0 Å². The minimum Gasteiger partial charge on any atom is -0.454 e. The first-order chi connectivity index (χ1) is 10.8. The largest absolute Gasteiger partial charge is 0.454 e. The van der Waals surface area contributed by atoms with Gasteiger partial charge >= 0.3 is 5.97 Å². The van der Waals surface area contributed by atoms with Gasteiger partial charge in [-0.2, -0.15) is 4.31 Å². The average molecular weight is 362 g/mol. The van der Waals surface area contributed by atoms with Crippen LogP contribution in [-0.2, 0) is 24.3 Å². The summed E-state index contributed by atoms with van der Waals surface area (Å²) in [6, 6.07) is 3.81. The quantitative estimate of drug-likeness (QED) is 0.730. The number of nitrogens with zero attached hydrogens (tertiary/aromatic N) is 1. The van der Waals surface area contributed by atoms with Crippen molar-refractivity contribution >= 4 is 33.4 Å². The molecule has 0 bridgehead atoms. The van der Waals surface area contributed by atoms with Gasteiger partial charge in [0.05, 0.1) is 28.7 Å². The normalized spacial score (nSPS) is 16.1. The Morgan fingerprint density at radius 3 is 2.57 bits per heavy atom. The zero-order valence-corrected chi connectivity index (χ0v) is 14.0. The van der Waals surface area contributed by atoms with Crippen LogP contribution in [0.2, 0.25) is 5.02 Å². The number of benzene rings is 1. The van der Waals surface area contributed by atoms with E-state index in [0.717, 1.165) is 6.07 Å². The SMILES string of the molecule is CC(=O)COC(=O)c1cc(S(=O)(=O)N2CCOCC2)ccc1Cl. The molecule has 2 rings (SSSR count). The lowest BCUT2D eigenvalue weighted by atomic mass is 10.2. The molecule has 1 aliphatic heterocycles. The molecule has 1 aliphatic rings. The molecule has 23 heavy (non-hydrogen) atoms. The standard InChI is InChI=1S/C14H16ClNO6S/c1-10(17)9-22-14(18)12-8-11(2-3-13(12)15)23(19,20)16-4-6-21-7-5-16/h2-3,8H,4-7,9H2,1H3. The molecule has 0 amide bonds. The molecule has 1 saturated heterocycles. The van der Waals surface area contributed by atoms with Crippen LogP contribution in [0.25, 0.3) is 0 Å². The molecule has 1 heterocycles. The number of ketones is 1. The summed E-state index contributed by atoms with van der Waals surface area (Å²) in [7, 11) is -3.75. The van der Waals surface area contributed by atoms with Gasteiger partial charge in [0.1, 0.15) is 6.61 Å². The number of hydrogen-bond acceptors (Lipinski definition) is 6. The molecule has 0 saturated carbocycles. The maximum atomic E-state index is 12.6. The van der Waals surface area contributed by atoms with E-state index in [1.165, 1.54) is 23.4 Å². The summed E-state index contributed by atoms with van der Waals surface area (Å²) in [5.41, 5.74) is -0.0951. The molecule has 0 spiro atoms. The fourth-order valence-corrected chi connectivity index (χ4v) is 3.63. The van der Waals surface area contributed by atoms with E-state index in [0.29, 0.717) is 13.2 Å². The van der Waals surface area contributed by atoms with Gasteiger partial charge in [-0.05, 0) is 25.1 Å². The topological polar surface area (TPSA) is 90.0 Å². The highest BCUT2D eigenvalue weighted by Crippen LogP contribution is 2.24. The van der Waals surface area contributed by atoms with Crippen molar-refractivity contribution in [3.63, 3.8) is 0 Å². The Hall–Kier alpha value is -1.48. The van der Waals surface area contributed by atoms with Crippen LogP contribution in [0.5, 0.6) is 0 Å². The van der Waals surface area contributed by atoms with Crippen molar-refractivity contribution < 1.29 is 27.5 Å². The van der Waals surface area contributed by atoms with E-state index in [9.17, 15) is 18.0 Å². The van der Waals surface area contributed by atoms with E-state index in [-0.39, 0.29) is 34.4 Å². The summed E-state index contributed by atoms with van der Waals surface area (Å²) < 4.78 is 36.3. The Morgan fingerprint density at radius 1 is 1.30 bits per heavy atom. The first-order valence-electron chi connectivity index (χ1n) is 6.86. The summed E-state index contributed by atoms with van der Waals surface area (Å²) in [5.74, 6) is -1.17. The molecule has 1 aromatic rings. The minimum atomic E-state index is -3.75. The number of carbonyl (C=O) groups is 2. The number of rotatable bonds is 5. The lowest BCUT2D eigenvalue weighted by Gasteiger charge is -2.26. The Kier molecular flexibility index (Phi) is 5.74. The molecule has 0 radical (unpaired) electrons. The van der Waals surface area contributed by atoms with Gasteiger partial charge in [0.2, 0.25) is 10.0 Å². The average Bonchev–Trinajstić information content (AvgIpc) is 2.53. The van der Waals surface area contributed by atoms with Crippen molar-refractivity contribution in [1.29, 1.82) is 0 Å². The monoisotopic (exact) mass is 361 g/mol. The molecular formula is C14H16ClNO6S. The number of morpholine rings is 1. The fourth-order valence-electron chi connectivity index (χ4n) is 2.00. The van der Waals surface area contributed by atoms with Crippen LogP contribution in [-0.4, -0.2) is 57.4 Å². The van der Waals surface area contributed by atoms with Gasteiger partial charge in [-0.1, -0.05) is 11.6 Å². The van der Waals surface area contributed by atoms with E-state index in [2.05, 4.69) is 0 Å². The Morgan fingerprint density at radius 2 is 1.96 bits per heavy atom. The van der Waals surface area contributed by atoms with Gasteiger partial charge in [0.25, 0.3) is 0 Å². The van der Waals surface area contributed by atoms with Crippen LogP contribution in [0.3, 0.4) is 0 Å². The summed E-state index contributed by atoms with van der Waals surface area (Å²) in [5, 5.41) is 0.0551. The molecule has 0 aliphatic carbocycles. The number of ether oxygens (including phenoxy) is 2. The summed E-state index contributed by atoms with van der Waals surface area (Å²) in [6.07, 6.45) is 0. The van der Waals surface area contributed by atoms with Crippen LogP contribution in [0.15, 0.2) is 23.1 Å². The number of sulfonamides is 1. The van der Waals surface area contributed by atoms with Crippen molar-refractivity contribution in [2.24, 2.45) is 0 Å². The lowest BCUT2D eigenvalue weighted by Crippen LogP contribution is -2.40. The van der Waals surface area contributed by atoms with Crippen LogP contribution < -0.4 is 0 Å². The van der Waals surface area contributed by atoms with E-state index in [1.54, 1.807) is 0 Å². The van der Waals surface area contributed by atoms with Gasteiger partial charge in [0, 0.05) is 13.1 Å². The number of carbonyl (C=O) groups excluding carboxylic acids is 2. The smallest absolute Gasteiger partial charge is 0.340 e. The highest BCUT2D eigenvalue weighted by atomic mass is 35.5. The Balaban J connectivity index is 2.28. The van der Waals surface area contributed by atoms with Crippen LogP contribution in [0, 0.1) is 0 Å². The third-order valence-corrected chi connectivity index (χ3v) is 5.40. The number of esters is 1. The highest BCUT2D eigenvalue weighted by molar-refractivity contribution is 7.89. The van der Waals surface area contributed by atoms with E-state index >= 15 is 0 Å². The van der Waals surface area contributed by atoms with Gasteiger partial charge in [-0.25, -0.2) is 13.2 Å². The summed E-state index contributed by atoms with van der Waals surface area (Å²) >= 11 is 5.93. The van der Waals surface area contributed by atoms with Crippen molar-refractivity contribution in [3.05, 3.63) is 28.8 Å². The van der Waals surface area contributed by atoms with Gasteiger partial charge in [-0.15, -0.1) is 0 Å². The zero-order valence-electron chi connectivity index (χ0n) is 12.5. The molecule has 0 aromatic heterocycles. The predicted octanol–water partition coefficient (Wildman–Crippen LogP) is 1.11. The first-order valence-corrected chi connectivity index (χ1v) is 8.68. The maximum absolute atomic E-state index is 12.6. The van der Waals surface area contributed by atoms with Crippen molar-refractivity contribution in [2.75, 3.05) is 32.9 Å². The van der Waals surface area contributed by atoms with E-state index in [1.807, 2.05) is 0 Å². The maximum Gasteiger partial charge on any atom is 0.340 e. The summed E-state index contributed by atoms with van der Waals surface area (Å²) in [4.78, 5) is 22.8. The first kappa shape index (κ1) is 17.9. The van der Waals surface area contributed by atoms with Crippen LogP contribution in [0.4, 0.5) is 0 Å². The summed E-state index contributed by atoms with van der Waals surface area (Å²) in [6.45, 7) is 2.01. The molecule has 0 atom stereocenters. The minimum absolute atomic E-state index is 0.0551. The second kappa shape index (κ2) is 7.39. The van der Waals surface area contributed by atoms with E-state index < -0.39 is 22.6 Å². The predicted molar refractivity (Wildman–Crippen MR) is 82.0 cm³/mol. The molecule has 1 aromatic carbocycles. The Bertz CT molecular complexity index is 712. The fraction of sp³-hybridized carbons (Fsp3) is 0.429. The van der Waals surface area contributed by atoms with Crippen molar-refractivity contribution in [1.82, 2.24) is 4.31 Å². The second-order valence-corrected chi connectivity index (χ2v) is 7.28. The zero-order chi connectivity index (χ0) is 17.0. The van der Waals surface area contributed by atoms with Crippen LogP contribution in [0.1, 0.15) is 17.3 Å². The molecule has 7 nitrogen and oxygen atoms in total. The lowest BCUT2D eigenvalue weighted by molar-refractivity contribution is -0.120. The highest BCUT2D eigenvalue weighted by Gasteiger charge is 2.27. The number of Topliss-reactive ketones (excluding diaryl/α,β-unsaturated/α-hetero) is 1. The molecule has 9 heteroatoms. The number of halogens is 1. The third kappa shape index (κ3) is 4.29. The van der Waals surface area contributed by atoms with Crippen molar-refractivity contribution in [2.45, 2.75) is 11.8 Å². The van der Waals surface area contributed by atoms with Gasteiger partial charge < -0.3 is 9.47 Å². The third-order valence-electron chi connectivity index (χ3n) is 3.17. The molecule has 0 unspecified atom stereocenters. The molecule has 126 valence electrons. The molecule has 1 fully saturated rings. The van der Waals surface area contributed by atoms with Gasteiger partial charge in [0.15, 0.2) is 5.78 Å².